The van der Waals surface area contributed by atoms with E-state index in [1.165, 1.54) is 17.0 Å². The number of rotatable bonds is 7. The summed E-state index contributed by atoms with van der Waals surface area (Å²) in [4.78, 5) is 43.0. The number of pyridine rings is 1. The van der Waals surface area contributed by atoms with E-state index in [2.05, 4.69) is 24.1 Å². The van der Waals surface area contributed by atoms with Crippen molar-refractivity contribution in [3.63, 3.8) is 0 Å². The molecule has 7 nitrogen and oxygen atoms in total. The van der Waals surface area contributed by atoms with E-state index in [1.807, 2.05) is 0 Å². The molecule has 3 rings (SSSR count). The summed E-state index contributed by atoms with van der Waals surface area (Å²) in [7, 11) is 0. The maximum absolute atomic E-state index is 12.7. The molecule has 0 radical (unpaired) electrons. The number of nitrogens with zero attached hydrogens (tertiary/aromatic N) is 2. The molecule has 0 spiro atoms. The van der Waals surface area contributed by atoms with E-state index in [9.17, 15) is 14.4 Å². The number of carbonyl (C=O) groups excluding carboxylic acids is 3. The molecule has 3 amide bonds. The van der Waals surface area contributed by atoms with Crippen molar-refractivity contribution in [2.75, 3.05) is 6.54 Å². The van der Waals surface area contributed by atoms with E-state index < -0.39 is 5.91 Å². The minimum atomic E-state index is -0.399. The van der Waals surface area contributed by atoms with Gasteiger partial charge in [-0.2, -0.15) is 0 Å². The normalized spacial score (nSPS) is 13.4. The van der Waals surface area contributed by atoms with E-state index in [-0.39, 0.29) is 54.8 Å². The van der Waals surface area contributed by atoms with Crippen LogP contribution in [0.2, 0.25) is 0 Å². The van der Waals surface area contributed by atoms with Gasteiger partial charge >= 0.3 is 0 Å². The van der Waals surface area contributed by atoms with E-state index >= 15 is 0 Å². The fourth-order valence-electron chi connectivity index (χ4n) is 3.30. The van der Waals surface area contributed by atoms with Gasteiger partial charge in [0.05, 0.1) is 17.7 Å². The number of halogens is 2. The molecule has 0 fully saturated rings. The summed E-state index contributed by atoms with van der Waals surface area (Å²) in [5.41, 5.74) is 7.46. The molecule has 0 aliphatic carbocycles. The number of aromatic nitrogens is 1. The summed E-state index contributed by atoms with van der Waals surface area (Å²) < 4.78 is 0. The second-order valence-electron chi connectivity index (χ2n) is 7.35. The highest BCUT2D eigenvalue weighted by atomic mass is 35.5. The molecule has 9 heteroatoms. The monoisotopic (exact) mass is 452 g/mol. The Morgan fingerprint density at radius 1 is 1.07 bits per heavy atom. The molecule has 0 saturated carbocycles. The molecule has 1 aliphatic heterocycles. The minimum Gasteiger partial charge on any atom is -0.348 e. The van der Waals surface area contributed by atoms with Crippen molar-refractivity contribution >= 4 is 42.5 Å². The molecule has 2 heterocycles. The summed E-state index contributed by atoms with van der Waals surface area (Å²) in [5, 5.41) is 2.90. The summed E-state index contributed by atoms with van der Waals surface area (Å²) in [6, 6.07) is 7.96. The summed E-state index contributed by atoms with van der Waals surface area (Å²) in [6.07, 6.45) is 3.99. The average molecular weight is 453 g/mol. The predicted molar refractivity (Wildman–Crippen MR) is 119 cm³/mol. The Balaban J connectivity index is 0.00000225. The van der Waals surface area contributed by atoms with E-state index in [4.69, 9.17) is 5.73 Å². The fourth-order valence-corrected chi connectivity index (χ4v) is 3.30. The standard InChI is InChI=1S/C21H24N4O3.2ClH/c1-13(2)9-16(11-22)24-19(26)15-3-4-17-18(10-15)21(28)25(20(17)27)12-14-5-7-23-8-6-14;;/h3-8,10,13,16H,9,11-12,22H2,1-2H3,(H,24,26);2*1H. The van der Waals surface area contributed by atoms with Crippen LogP contribution >= 0.6 is 24.8 Å². The highest BCUT2D eigenvalue weighted by molar-refractivity contribution is 6.22. The number of nitrogens with one attached hydrogen (secondary N) is 1. The third-order valence-corrected chi connectivity index (χ3v) is 4.70. The van der Waals surface area contributed by atoms with Gasteiger partial charge in [0.1, 0.15) is 0 Å². The Morgan fingerprint density at radius 2 is 1.70 bits per heavy atom. The lowest BCUT2D eigenvalue weighted by molar-refractivity contribution is 0.0642. The molecule has 3 N–H and O–H groups in total. The van der Waals surface area contributed by atoms with Crippen LogP contribution in [0, 0.1) is 5.92 Å². The third-order valence-electron chi connectivity index (χ3n) is 4.70. The number of hydrogen-bond donors (Lipinski definition) is 2. The minimum absolute atomic E-state index is 0. The summed E-state index contributed by atoms with van der Waals surface area (Å²) >= 11 is 0. The highest BCUT2D eigenvalue weighted by Gasteiger charge is 2.36. The van der Waals surface area contributed by atoms with Gasteiger partial charge in [0.2, 0.25) is 0 Å². The first-order valence-corrected chi connectivity index (χ1v) is 9.30. The van der Waals surface area contributed by atoms with Gasteiger partial charge in [0.25, 0.3) is 17.7 Å². The van der Waals surface area contributed by atoms with E-state index in [0.29, 0.717) is 23.6 Å². The van der Waals surface area contributed by atoms with Crippen LogP contribution < -0.4 is 11.1 Å². The first-order valence-electron chi connectivity index (χ1n) is 9.30. The predicted octanol–water partition coefficient (Wildman–Crippen LogP) is 2.82. The van der Waals surface area contributed by atoms with Gasteiger partial charge in [-0.3, -0.25) is 24.3 Å². The van der Waals surface area contributed by atoms with Crippen LogP contribution in [0.5, 0.6) is 0 Å². The molecule has 1 atom stereocenters. The van der Waals surface area contributed by atoms with Crippen LogP contribution in [0.4, 0.5) is 0 Å². The van der Waals surface area contributed by atoms with Gasteiger partial charge in [0.15, 0.2) is 0 Å². The first kappa shape index (κ1) is 25.6. The van der Waals surface area contributed by atoms with Crippen molar-refractivity contribution in [3.05, 3.63) is 65.0 Å². The van der Waals surface area contributed by atoms with Gasteiger partial charge in [-0.1, -0.05) is 13.8 Å². The number of fused-ring (bicyclic) bond motifs is 1. The molecule has 2 aromatic rings. The van der Waals surface area contributed by atoms with Gasteiger partial charge in [-0.25, -0.2) is 0 Å². The molecule has 1 aromatic heterocycles. The summed E-state index contributed by atoms with van der Waals surface area (Å²) in [6.45, 7) is 4.63. The van der Waals surface area contributed by atoms with Crippen molar-refractivity contribution in [3.8, 4) is 0 Å². The maximum Gasteiger partial charge on any atom is 0.261 e. The molecule has 162 valence electrons. The van der Waals surface area contributed by atoms with Gasteiger partial charge in [-0.05, 0) is 48.2 Å². The molecular weight excluding hydrogens is 427 g/mol. The number of benzene rings is 1. The lowest BCUT2D eigenvalue weighted by atomic mass is 10.0. The number of imide groups is 1. The molecule has 0 bridgehead atoms. The van der Waals surface area contributed by atoms with Crippen LogP contribution in [0.15, 0.2) is 42.7 Å². The van der Waals surface area contributed by atoms with Gasteiger partial charge in [0, 0.05) is 30.5 Å². The number of amides is 3. The fraction of sp³-hybridized carbons (Fsp3) is 0.333. The largest absolute Gasteiger partial charge is 0.348 e. The van der Waals surface area contributed by atoms with E-state index in [0.717, 1.165) is 12.0 Å². The third kappa shape index (κ3) is 5.56. The second-order valence-corrected chi connectivity index (χ2v) is 7.35. The zero-order valence-corrected chi connectivity index (χ0v) is 18.5. The van der Waals surface area contributed by atoms with Crippen LogP contribution in [-0.2, 0) is 6.54 Å². The van der Waals surface area contributed by atoms with Crippen molar-refractivity contribution < 1.29 is 14.4 Å². The number of hydrogen-bond acceptors (Lipinski definition) is 5. The Hall–Kier alpha value is -2.48. The summed E-state index contributed by atoms with van der Waals surface area (Å²) in [5.74, 6) is -0.658. The second kappa shape index (κ2) is 11.1. The Morgan fingerprint density at radius 3 is 2.30 bits per heavy atom. The average Bonchev–Trinajstić information content (AvgIpc) is 2.92. The van der Waals surface area contributed by atoms with Crippen molar-refractivity contribution in [1.29, 1.82) is 0 Å². The van der Waals surface area contributed by atoms with Crippen LogP contribution in [0.1, 0.15) is 56.9 Å². The molecule has 30 heavy (non-hydrogen) atoms. The van der Waals surface area contributed by atoms with Gasteiger partial charge < -0.3 is 11.1 Å². The smallest absolute Gasteiger partial charge is 0.261 e. The van der Waals surface area contributed by atoms with Crippen LogP contribution in [0.25, 0.3) is 0 Å². The van der Waals surface area contributed by atoms with E-state index in [1.54, 1.807) is 30.6 Å². The molecule has 0 saturated heterocycles. The Labute approximate surface area is 188 Å². The van der Waals surface area contributed by atoms with Crippen molar-refractivity contribution in [2.45, 2.75) is 32.9 Å². The zero-order chi connectivity index (χ0) is 20.3. The Kier molecular flexibility index (Phi) is 9.42. The number of carbonyl (C=O) groups is 3. The van der Waals surface area contributed by atoms with Crippen molar-refractivity contribution in [1.82, 2.24) is 15.2 Å². The zero-order valence-electron chi connectivity index (χ0n) is 16.8. The highest BCUT2D eigenvalue weighted by Crippen LogP contribution is 2.25. The molecular formula is C21H26Cl2N4O3. The van der Waals surface area contributed by atoms with Gasteiger partial charge in [-0.15, -0.1) is 24.8 Å². The molecule has 1 aliphatic rings. The molecule has 1 aromatic carbocycles. The Bertz CT molecular complexity index is 906. The number of nitrogens with two attached hydrogens (primary N) is 1. The maximum atomic E-state index is 12.7. The molecule has 1 unspecified atom stereocenters. The SMILES string of the molecule is CC(C)CC(CN)NC(=O)c1ccc2c(c1)C(=O)N(Cc1ccncc1)C2=O.Cl.Cl. The van der Waals surface area contributed by atoms with Crippen molar-refractivity contribution in [2.24, 2.45) is 11.7 Å². The quantitative estimate of drug-likeness (QED) is 0.628. The van der Waals surface area contributed by atoms with Crippen LogP contribution in [-0.4, -0.2) is 40.2 Å². The topological polar surface area (TPSA) is 105 Å². The van der Waals surface area contributed by atoms with Crippen LogP contribution in [0.3, 0.4) is 0 Å². The lowest BCUT2D eigenvalue weighted by Crippen LogP contribution is -2.41. The first-order chi connectivity index (χ1) is 13.4. The lowest BCUT2D eigenvalue weighted by Gasteiger charge is -2.18.